The highest BCUT2D eigenvalue weighted by atomic mass is 16.6. The Morgan fingerprint density at radius 2 is 2.08 bits per heavy atom. The van der Waals surface area contributed by atoms with E-state index in [-0.39, 0.29) is 0 Å². The van der Waals surface area contributed by atoms with Gasteiger partial charge in [-0.3, -0.25) is 4.57 Å². The molecule has 4 rings (SSSR count). The molecule has 1 fully saturated rings. The number of hydrogen-bond donors (Lipinski definition) is 4. The minimum absolute atomic E-state index is 0.397. The van der Waals surface area contributed by atoms with Crippen LogP contribution in [-0.4, -0.2) is 59.8 Å². The summed E-state index contributed by atoms with van der Waals surface area (Å²) in [6.07, 6.45) is 0.253. The van der Waals surface area contributed by atoms with Crippen LogP contribution in [0.2, 0.25) is 0 Å². The van der Waals surface area contributed by atoms with Crippen LogP contribution in [0.5, 0.6) is 0 Å². The van der Waals surface area contributed by atoms with Gasteiger partial charge >= 0.3 is 0 Å². The second-order valence-electron chi connectivity index (χ2n) is 5.71. The van der Waals surface area contributed by atoms with E-state index in [1.54, 1.807) is 12.3 Å². The van der Waals surface area contributed by atoms with E-state index in [1.807, 2.05) is 6.07 Å². The Morgan fingerprint density at radius 3 is 2.80 bits per heavy atom. The Morgan fingerprint density at radius 1 is 1.20 bits per heavy atom. The molecule has 4 N–H and O–H groups in total. The number of aliphatic hydroxyl groups is 3. The van der Waals surface area contributed by atoms with Crippen molar-refractivity contribution in [3.63, 3.8) is 0 Å². The van der Waals surface area contributed by atoms with Gasteiger partial charge in [0, 0.05) is 0 Å². The molecule has 4 atom stereocenters. The molecule has 0 aromatic carbocycles. The van der Waals surface area contributed by atoms with E-state index in [1.165, 1.54) is 17.2 Å². The van der Waals surface area contributed by atoms with E-state index in [0.717, 1.165) is 5.76 Å². The van der Waals surface area contributed by atoms with Crippen molar-refractivity contribution in [1.29, 1.82) is 0 Å². The van der Waals surface area contributed by atoms with Crippen molar-refractivity contribution in [2.24, 2.45) is 0 Å². The van der Waals surface area contributed by atoms with Crippen molar-refractivity contribution in [3.8, 4) is 0 Å². The lowest BCUT2D eigenvalue weighted by Crippen LogP contribution is -2.33. The Hall–Kier alpha value is -2.53. The average molecular weight is 347 g/mol. The third-order valence-electron chi connectivity index (χ3n) is 4.16. The normalized spacial score (nSPS) is 26.4. The smallest absolute Gasteiger partial charge is 0.167 e. The first-order valence-electron chi connectivity index (χ1n) is 7.75. The molecule has 0 spiro atoms. The zero-order valence-corrected chi connectivity index (χ0v) is 13.1. The monoisotopic (exact) mass is 347 g/mol. The van der Waals surface area contributed by atoms with Gasteiger partial charge in [0.05, 0.1) is 25.7 Å². The summed E-state index contributed by atoms with van der Waals surface area (Å²) in [5, 5.41) is 32.4. The van der Waals surface area contributed by atoms with Crippen molar-refractivity contribution >= 4 is 17.0 Å². The number of anilines is 1. The predicted octanol–water partition coefficient (Wildman–Crippen LogP) is -0.357. The molecule has 0 saturated carbocycles. The Kier molecular flexibility index (Phi) is 4.09. The Bertz CT molecular complexity index is 851. The molecule has 10 nitrogen and oxygen atoms in total. The fraction of sp³-hybridized carbons (Fsp3) is 0.400. The predicted molar refractivity (Wildman–Crippen MR) is 84.4 cm³/mol. The minimum atomic E-state index is -1.20. The molecular weight excluding hydrogens is 330 g/mol. The molecule has 4 heterocycles. The first-order valence-corrected chi connectivity index (χ1v) is 7.75. The molecule has 0 aliphatic carbocycles. The molecule has 132 valence electrons. The largest absolute Gasteiger partial charge is 0.467 e. The molecule has 1 aliphatic heterocycles. The van der Waals surface area contributed by atoms with E-state index < -0.39 is 31.1 Å². The minimum Gasteiger partial charge on any atom is -0.467 e. The fourth-order valence-corrected chi connectivity index (χ4v) is 2.86. The molecule has 1 aliphatic rings. The van der Waals surface area contributed by atoms with E-state index in [0.29, 0.717) is 23.5 Å². The van der Waals surface area contributed by atoms with E-state index in [4.69, 9.17) is 9.15 Å². The number of furan rings is 1. The van der Waals surface area contributed by atoms with Crippen LogP contribution < -0.4 is 5.32 Å². The maximum Gasteiger partial charge on any atom is 0.167 e. The molecule has 3 aromatic heterocycles. The third-order valence-corrected chi connectivity index (χ3v) is 4.16. The number of nitrogens with one attached hydrogen (secondary N) is 1. The zero-order valence-electron chi connectivity index (χ0n) is 13.1. The van der Waals surface area contributed by atoms with Gasteiger partial charge in [0.1, 0.15) is 30.4 Å². The van der Waals surface area contributed by atoms with Gasteiger partial charge in [-0.2, -0.15) is 0 Å². The summed E-state index contributed by atoms with van der Waals surface area (Å²) in [5.41, 5.74) is 0.929. The van der Waals surface area contributed by atoms with E-state index in [2.05, 4.69) is 20.3 Å². The number of imidazole rings is 1. The second kappa shape index (κ2) is 6.41. The molecule has 25 heavy (non-hydrogen) atoms. The van der Waals surface area contributed by atoms with E-state index >= 15 is 0 Å². The highest BCUT2D eigenvalue weighted by molar-refractivity contribution is 5.82. The maximum absolute atomic E-state index is 10.2. The molecule has 0 bridgehead atoms. The standard InChI is InChI=1S/C15H17N5O5/c21-5-9-11(22)12(23)15(25-9)20-7-19-10-13(17-6-18-14(10)20)16-4-8-2-1-3-24-8/h1-3,6-7,9,11-12,15,21-23H,4-5H2,(H,16,17,18)/t9-,11-,12-,15?/m1/s1. The number of nitrogens with zero attached hydrogens (tertiary/aromatic N) is 4. The Labute approximate surface area is 141 Å². The van der Waals surface area contributed by atoms with E-state index in [9.17, 15) is 15.3 Å². The van der Waals surface area contributed by atoms with Crippen molar-refractivity contribution in [2.45, 2.75) is 31.1 Å². The fourth-order valence-electron chi connectivity index (χ4n) is 2.86. The van der Waals surface area contributed by atoms with Gasteiger partial charge in [-0.05, 0) is 12.1 Å². The molecule has 3 aromatic rings. The third kappa shape index (κ3) is 2.74. The molecule has 0 amide bonds. The average Bonchev–Trinajstić information content (AvgIpc) is 3.34. The lowest BCUT2D eigenvalue weighted by molar-refractivity contribution is -0.0511. The second-order valence-corrected chi connectivity index (χ2v) is 5.71. The van der Waals surface area contributed by atoms with Gasteiger partial charge in [0.25, 0.3) is 0 Å². The molecule has 10 heteroatoms. The first kappa shape index (κ1) is 16.0. The number of fused-ring (bicyclic) bond motifs is 1. The summed E-state index contributed by atoms with van der Waals surface area (Å²) < 4.78 is 12.3. The summed E-state index contributed by atoms with van der Waals surface area (Å²) in [5.74, 6) is 1.25. The van der Waals surface area contributed by atoms with Crippen LogP contribution in [0.3, 0.4) is 0 Å². The van der Waals surface area contributed by atoms with Gasteiger partial charge in [-0.25, -0.2) is 15.0 Å². The van der Waals surface area contributed by atoms with Crippen molar-refractivity contribution < 1.29 is 24.5 Å². The number of aromatic nitrogens is 4. The highest BCUT2D eigenvalue weighted by Gasteiger charge is 2.44. The molecule has 1 unspecified atom stereocenters. The van der Waals surface area contributed by atoms with Gasteiger partial charge < -0.3 is 29.8 Å². The summed E-state index contributed by atoms with van der Waals surface area (Å²) in [7, 11) is 0. The van der Waals surface area contributed by atoms with Gasteiger partial charge in [0.15, 0.2) is 23.2 Å². The number of aliphatic hydroxyl groups excluding tert-OH is 3. The summed E-state index contributed by atoms with van der Waals surface area (Å²) in [4.78, 5) is 12.7. The lowest BCUT2D eigenvalue weighted by atomic mass is 10.1. The van der Waals surface area contributed by atoms with Crippen LogP contribution in [0.1, 0.15) is 12.0 Å². The number of hydrogen-bond acceptors (Lipinski definition) is 9. The van der Waals surface area contributed by atoms with Crippen LogP contribution in [-0.2, 0) is 11.3 Å². The van der Waals surface area contributed by atoms with Gasteiger partial charge in [0.2, 0.25) is 0 Å². The zero-order chi connectivity index (χ0) is 17.4. The summed E-state index contributed by atoms with van der Waals surface area (Å²) in [6.45, 7) is 0.0338. The quantitative estimate of drug-likeness (QED) is 0.487. The van der Waals surface area contributed by atoms with Gasteiger partial charge in [-0.15, -0.1) is 0 Å². The lowest BCUT2D eigenvalue weighted by Gasteiger charge is -2.16. The maximum atomic E-state index is 10.2. The van der Waals surface area contributed by atoms with Crippen molar-refractivity contribution in [2.75, 3.05) is 11.9 Å². The van der Waals surface area contributed by atoms with Crippen LogP contribution >= 0.6 is 0 Å². The highest BCUT2D eigenvalue weighted by Crippen LogP contribution is 2.32. The molecule has 0 radical (unpaired) electrons. The number of rotatable bonds is 5. The van der Waals surface area contributed by atoms with Crippen LogP contribution in [0, 0.1) is 0 Å². The van der Waals surface area contributed by atoms with Crippen molar-refractivity contribution in [3.05, 3.63) is 36.8 Å². The van der Waals surface area contributed by atoms with Crippen LogP contribution in [0.15, 0.2) is 35.5 Å². The summed E-state index contributed by atoms with van der Waals surface area (Å²) >= 11 is 0. The topological polar surface area (TPSA) is 139 Å². The molecule has 1 saturated heterocycles. The van der Waals surface area contributed by atoms with Gasteiger partial charge in [-0.1, -0.05) is 0 Å². The van der Waals surface area contributed by atoms with Crippen LogP contribution in [0.4, 0.5) is 5.82 Å². The SMILES string of the molecule is OC[C@H]1OC(n2cnc3c(NCc4ccco4)ncnc32)[C@H](O)[C@@H]1O. The number of ether oxygens (including phenoxy) is 1. The molecular formula is C15H17N5O5. The van der Waals surface area contributed by atoms with Crippen molar-refractivity contribution in [1.82, 2.24) is 19.5 Å². The first-order chi connectivity index (χ1) is 12.2. The summed E-state index contributed by atoms with van der Waals surface area (Å²) in [6, 6.07) is 3.63. The Balaban J connectivity index is 1.63. The van der Waals surface area contributed by atoms with Crippen LogP contribution in [0.25, 0.3) is 11.2 Å².